The molecule has 0 spiro atoms. The van der Waals surface area contributed by atoms with Crippen molar-refractivity contribution >= 4 is 16.9 Å². The van der Waals surface area contributed by atoms with Crippen LogP contribution in [0.25, 0.3) is 11.0 Å². The number of carbonyl (C=O) groups is 1. The number of hydrogen-bond donors (Lipinski definition) is 0. The van der Waals surface area contributed by atoms with E-state index in [4.69, 9.17) is 0 Å². The second kappa shape index (κ2) is 4.79. The van der Waals surface area contributed by atoms with E-state index in [-0.39, 0.29) is 5.91 Å². The van der Waals surface area contributed by atoms with Crippen LogP contribution in [-0.2, 0) is 0 Å². The van der Waals surface area contributed by atoms with Crippen LogP contribution in [0.4, 0.5) is 0 Å². The molecule has 0 aliphatic carbocycles. The summed E-state index contributed by atoms with van der Waals surface area (Å²) >= 11 is 0. The summed E-state index contributed by atoms with van der Waals surface area (Å²) in [5, 5.41) is 4.84. The monoisotopic (exact) mass is 257 g/mol. The molecular weight excluding hydrogens is 242 g/mol. The number of aromatic nitrogens is 4. The van der Waals surface area contributed by atoms with Gasteiger partial charge in [-0.15, -0.1) is 0 Å². The lowest BCUT2D eigenvalue weighted by Crippen LogP contribution is -2.34. The summed E-state index contributed by atoms with van der Waals surface area (Å²) in [5.41, 5.74) is 1.02. The highest BCUT2D eigenvalue weighted by atomic mass is 16.2. The van der Waals surface area contributed by atoms with E-state index in [0.717, 1.165) is 31.3 Å². The number of nitrogens with zero attached hydrogens (tertiary/aromatic N) is 5. The van der Waals surface area contributed by atoms with E-state index in [1.807, 2.05) is 4.90 Å². The number of carbonyl (C=O) groups excluding carboxylic acids is 1. The van der Waals surface area contributed by atoms with Crippen molar-refractivity contribution in [2.75, 3.05) is 13.1 Å². The van der Waals surface area contributed by atoms with Gasteiger partial charge in [-0.05, 0) is 19.3 Å². The maximum absolute atomic E-state index is 12.4. The topological polar surface area (TPSA) is 63.9 Å². The first kappa shape index (κ1) is 11.8. The van der Waals surface area contributed by atoms with E-state index >= 15 is 0 Å². The summed E-state index contributed by atoms with van der Waals surface area (Å²) in [7, 11) is 0. The third-order valence-corrected chi connectivity index (χ3v) is 3.41. The predicted molar refractivity (Wildman–Crippen MR) is 70.5 cm³/mol. The van der Waals surface area contributed by atoms with Gasteiger partial charge in [-0.1, -0.05) is 6.58 Å². The summed E-state index contributed by atoms with van der Waals surface area (Å²) in [6.45, 7) is 5.69. The molecule has 1 aliphatic rings. The maximum Gasteiger partial charge on any atom is 0.295 e. The summed E-state index contributed by atoms with van der Waals surface area (Å²) in [6, 6.07) is 0. The normalized spacial score (nSPS) is 15.7. The number of hydrogen-bond acceptors (Lipinski definition) is 5. The number of rotatable bonds is 2. The Balaban J connectivity index is 1.89. The molecule has 0 aromatic carbocycles. The Labute approximate surface area is 110 Å². The molecule has 19 heavy (non-hydrogen) atoms. The molecule has 1 saturated heterocycles. The Bertz CT molecular complexity index is 627. The van der Waals surface area contributed by atoms with Crippen LogP contribution in [0.1, 0.15) is 24.1 Å². The molecule has 1 fully saturated rings. The smallest absolute Gasteiger partial charge is 0.295 e. The summed E-state index contributed by atoms with van der Waals surface area (Å²) in [5.74, 6) is -0.212. The fourth-order valence-corrected chi connectivity index (χ4v) is 2.35. The first-order valence-electron chi connectivity index (χ1n) is 6.39. The maximum atomic E-state index is 12.4. The lowest BCUT2D eigenvalue weighted by atomic mass is 10.1. The van der Waals surface area contributed by atoms with Crippen LogP contribution in [0, 0.1) is 0 Å². The lowest BCUT2D eigenvalue weighted by molar-refractivity contribution is 0.0895. The average Bonchev–Trinajstić information content (AvgIpc) is 2.90. The predicted octanol–water partition coefficient (Wildman–Crippen LogP) is 1.47. The fraction of sp³-hybridized carbons (Fsp3) is 0.385. The summed E-state index contributed by atoms with van der Waals surface area (Å²) < 4.78 is 1.30. The zero-order valence-electron chi connectivity index (χ0n) is 10.6. The third kappa shape index (κ3) is 2.09. The summed E-state index contributed by atoms with van der Waals surface area (Å²) in [6.07, 6.45) is 8.08. The van der Waals surface area contributed by atoms with Crippen LogP contribution in [0.15, 0.2) is 31.0 Å². The van der Waals surface area contributed by atoms with Gasteiger partial charge in [-0.2, -0.15) is 9.78 Å². The average molecular weight is 257 g/mol. The molecule has 0 saturated carbocycles. The van der Waals surface area contributed by atoms with Crippen molar-refractivity contribution in [3.05, 3.63) is 31.0 Å². The Kier molecular flexibility index (Phi) is 2.98. The van der Waals surface area contributed by atoms with Gasteiger partial charge < -0.3 is 4.90 Å². The first-order chi connectivity index (χ1) is 9.27. The molecule has 3 heterocycles. The number of piperidine rings is 1. The molecule has 6 nitrogen and oxygen atoms in total. The second-order valence-electron chi connectivity index (χ2n) is 4.66. The van der Waals surface area contributed by atoms with E-state index in [9.17, 15) is 4.79 Å². The Morgan fingerprint density at radius 2 is 2.00 bits per heavy atom. The molecule has 98 valence electrons. The molecule has 0 atom stereocenters. The van der Waals surface area contributed by atoms with Crippen molar-refractivity contribution in [2.24, 2.45) is 0 Å². The van der Waals surface area contributed by atoms with E-state index in [2.05, 4.69) is 21.6 Å². The molecule has 0 radical (unpaired) electrons. The van der Waals surface area contributed by atoms with Crippen LogP contribution in [0.5, 0.6) is 0 Å². The molecule has 3 rings (SSSR count). The highest BCUT2D eigenvalue weighted by Crippen LogP contribution is 2.16. The summed E-state index contributed by atoms with van der Waals surface area (Å²) in [4.78, 5) is 22.5. The Hall–Kier alpha value is -2.24. The number of fused-ring (bicyclic) bond motifs is 1. The van der Waals surface area contributed by atoms with Gasteiger partial charge in [0.05, 0.1) is 17.3 Å². The zero-order chi connectivity index (χ0) is 13.2. The van der Waals surface area contributed by atoms with Gasteiger partial charge in [0, 0.05) is 19.3 Å². The standard InChI is InChI=1S/C13H15N5O/c1-10(17-5-3-2-4-6-17)13(19)18-12-11(8-16-18)7-14-9-15-12/h7-9H,1-6H2. The molecule has 0 unspecified atom stereocenters. The zero-order valence-corrected chi connectivity index (χ0v) is 10.6. The van der Waals surface area contributed by atoms with Crippen molar-refractivity contribution in [3.8, 4) is 0 Å². The van der Waals surface area contributed by atoms with Gasteiger partial charge in [-0.3, -0.25) is 4.79 Å². The molecule has 1 aliphatic heterocycles. The van der Waals surface area contributed by atoms with Crippen LogP contribution in [0.3, 0.4) is 0 Å². The van der Waals surface area contributed by atoms with E-state index in [1.54, 1.807) is 12.4 Å². The fourth-order valence-electron chi connectivity index (χ4n) is 2.35. The van der Waals surface area contributed by atoms with Crippen molar-refractivity contribution in [1.29, 1.82) is 0 Å². The second-order valence-corrected chi connectivity index (χ2v) is 4.66. The van der Waals surface area contributed by atoms with Gasteiger partial charge in [0.25, 0.3) is 5.91 Å². The molecule has 6 heteroatoms. The quantitative estimate of drug-likeness (QED) is 0.762. The molecular formula is C13H15N5O. The van der Waals surface area contributed by atoms with Crippen LogP contribution in [-0.4, -0.2) is 43.6 Å². The highest BCUT2D eigenvalue weighted by molar-refractivity contribution is 5.98. The minimum atomic E-state index is -0.212. The SMILES string of the molecule is C=C(C(=O)n1ncc2cncnc21)N1CCCCC1. The first-order valence-corrected chi connectivity index (χ1v) is 6.39. The molecule has 2 aromatic rings. The molecule has 0 N–H and O–H groups in total. The largest absolute Gasteiger partial charge is 0.368 e. The van der Waals surface area contributed by atoms with Gasteiger partial charge in [-0.25, -0.2) is 9.97 Å². The van der Waals surface area contributed by atoms with E-state index in [0.29, 0.717) is 11.3 Å². The minimum Gasteiger partial charge on any atom is -0.368 e. The van der Waals surface area contributed by atoms with Crippen LogP contribution >= 0.6 is 0 Å². The van der Waals surface area contributed by atoms with E-state index < -0.39 is 0 Å². The third-order valence-electron chi connectivity index (χ3n) is 3.41. The van der Waals surface area contributed by atoms with Gasteiger partial charge >= 0.3 is 0 Å². The minimum absolute atomic E-state index is 0.212. The van der Waals surface area contributed by atoms with Crippen molar-refractivity contribution in [3.63, 3.8) is 0 Å². The number of allylic oxidation sites excluding steroid dienone is 1. The molecule has 0 amide bonds. The molecule has 0 bridgehead atoms. The van der Waals surface area contributed by atoms with Crippen molar-refractivity contribution in [2.45, 2.75) is 19.3 Å². The number of likely N-dealkylation sites (tertiary alicyclic amines) is 1. The van der Waals surface area contributed by atoms with Gasteiger partial charge in [0.2, 0.25) is 0 Å². The van der Waals surface area contributed by atoms with Crippen LogP contribution in [0.2, 0.25) is 0 Å². The highest BCUT2D eigenvalue weighted by Gasteiger charge is 2.21. The van der Waals surface area contributed by atoms with Gasteiger partial charge in [0.15, 0.2) is 5.65 Å². The van der Waals surface area contributed by atoms with E-state index in [1.165, 1.54) is 17.4 Å². The molecule has 2 aromatic heterocycles. The lowest BCUT2D eigenvalue weighted by Gasteiger charge is -2.29. The van der Waals surface area contributed by atoms with Crippen molar-refractivity contribution < 1.29 is 4.79 Å². The van der Waals surface area contributed by atoms with Gasteiger partial charge in [0.1, 0.15) is 6.33 Å². The van der Waals surface area contributed by atoms with Crippen LogP contribution < -0.4 is 0 Å². The Morgan fingerprint density at radius 3 is 2.79 bits per heavy atom. The Morgan fingerprint density at radius 1 is 1.21 bits per heavy atom. The van der Waals surface area contributed by atoms with Crippen molar-refractivity contribution in [1.82, 2.24) is 24.6 Å².